The largest absolute Gasteiger partial charge is 0.496 e. The summed E-state index contributed by atoms with van der Waals surface area (Å²) in [5, 5.41) is 3.23. The summed E-state index contributed by atoms with van der Waals surface area (Å²) in [6.45, 7) is 4.48. The van der Waals surface area contributed by atoms with Gasteiger partial charge in [-0.1, -0.05) is 0 Å². The summed E-state index contributed by atoms with van der Waals surface area (Å²) in [5.74, 6) is 1.81. The van der Waals surface area contributed by atoms with Gasteiger partial charge in [-0.25, -0.2) is 0 Å². The van der Waals surface area contributed by atoms with Crippen LogP contribution in [0.15, 0.2) is 12.1 Å². The summed E-state index contributed by atoms with van der Waals surface area (Å²) >= 11 is 0. The molecule has 116 valence electrons. The van der Waals surface area contributed by atoms with Crippen molar-refractivity contribution in [2.24, 2.45) is 0 Å². The van der Waals surface area contributed by atoms with E-state index in [1.807, 2.05) is 19.1 Å². The first-order valence-electron chi connectivity index (χ1n) is 7.23. The summed E-state index contributed by atoms with van der Waals surface area (Å²) in [5.41, 5.74) is 2.18. The number of fused-ring (bicyclic) bond motifs is 1. The number of hydrogen-bond acceptors (Lipinski definition) is 4. The van der Waals surface area contributed by atoms with Crippen LogP contribution in [0.4, 0.5) is 0 Å². The van der Waals surface area contributed by atoms with Crippen molar-refractivity contribution in [2.45, 2.75) is 39.0 Å². The quantitative estimate of drug-likeness (QED) is 0.895. The van der Waals surface area contributed by atoms with Crippen LogP contribution in [0.3, 0.4) is 0 Å². The first kappa shape index (κ1) is 15.6. The third kappa shape index (κ3) is 3.47. The monoisotopic (exact) mass is 292 g/mol. The summed E-state index contributed by atoms with van der Waals surface area (Å²) in [6, 6.07) is 3.81. The minimum atomic E-state index is -0.238. The highest BCUT2D eigenvalue weighted by Crippen LogP contribution is 2.34. The highest BCUT2D eigenvalue weighted by Gasteiger charge is 2.22. The van der Waals surface area contributed by atoms with Gasteiger partial charge in [-0.2, -0.15) is 0 Å². The number of likely N-dealkylation sites (N-methyl/N-ethyl adjacent to an activating group) is 1. The van der Waals surface area contributed by atoms with Gasteiger partial charge in [0.05, 0.1) is 13.2 Å². The second-order valence-corrected chi connectivity index (χ2v) is 5.74. The van der Waals surface area contributed by atoms with Gasteiger partial charge in [0.1, 0.15) is 17.6 Å². The van der Waals surface area contributed by atoms with Crippen LogP contribution in [-0.4, -0.2) is 44.2 Å². The van der Waals surface area contributed by atoms with E-state index < -0.39 is 0 Å². The van der Waals surface area contributed by atoms with Crippen LogP contribution < -0.4 is 14.8 Å². The molecule has 0 fully saturated rings. The number of amides is 1. The number of carbonyl (C=O) groups is 1. The van der Waals surface area contributed by atoms with Gasteiger partial charge in [-0.15, -0.1) is 0 Å². The predicted octanol–water partition coefficient (Wildman–Crippen LogP) is 1.58. The second-order valence-electron chi connectivity index (χ2n) is 5.74. The average molecular weight is 292 g/mol. The Balaban J connectivity index is 2.10. The first-order valence-corrected chi connectivity index (χ1v) is 7.23. The molecule has 1 amide bonds. The van der Waals surface area contributed by atoms with Gasteiger partial charge in [-0.3, -0.25) is 4.79 Å². The van der Waals surface area contributed by atoms with Crippen molar-refractivity contribution in [3.63, 3.8) is 0 Å². The highest BCUT2D eigenvalue weighted by atomic mass is 16.5. The van der Waals surface area contributed by atoms with E-state index in [2.05, 4.69) is 12.2 Å². The lowest BCUT2D eigenvalue weighted by Gasteiger charge is -2.19. The van der Waals surface area contributed by atoms with Crippen LogP contribution in [0.25, 0.3) is 0 Å². The Bertz CT molecular complexity index is 528. The number of methoxy groups -OCH3 is 1. The lowest BCUT2D eigenvalue weighted by atomic mass is 10.1. The van der Waals surface area contributed by atoms with Crippen molar-refractivity contribution in [1.29, 1.82) is 0 Å². The van der Waals surface area contributed by atoms with Crippen molar-refractivity contribution in [3.8, 4) is 11.5 Å². The Morgan fingerprint density at radius 1 is 1.52 bits per heavy atom. The van der Waals surface area contributed by atoms with Gasteiger partial charge in [0.15, 0.2) is 0 Å². The summed E-state index contributed by atoms with van der Waals surface area (Å²) < 4.78 is 11.2. The van der Waals surface area contributed by atoms with Gasteiger partial charge in [-0.05, 0) is 26.0 Å². The highest BCUT2D eigenvalue weighted by molar-refractivity contribution is 5.80. The Morgan fingerprint density at radius 2 is 2.24 bits per heavy atom. The maximum Gasteiger partial charge on any atom is 0.238 e. The number of rotatable bonds is 5. The van der Waals surface area contributed by atoms with Crippen LogP contribution in [0, 0.1) is 0 Å². The normalized spacial score (nSPS) is 17.9. The molecule has 1 aromatic rings. The van der Waals surface area contributed by atoms with Crippen LogP contribution >= 0.6 is 0 Å². The molecular formula is C16H24N2O3. The van der Waals surface area contributed by atoms with Crippen molar-refractivity contribution < 1.29 is 14.3 Å². The van der Waals surface area contributed by atoms with Crippen LogP contribution in [-0.2, 0) is 17.8 Å². The molecule has 0 bridgehead atoms. The number of nitrogens with one attached hydrogen (secondary N) is 1. The number of carbonyl (C=O) groups excluding carboxylic acids is 1. The molecule has 2 unspecified atom stereocenters. The lowest BCUT2D eigenvalue weighted by molar-refractivity contribution is -0.130. The molecular weight excluding hydrogens is 268 g/mol. The fraction of sp³-hybridized carbons (Fsp3) is 0.562. The molecule has 2 rings (SSSR count). The number of benzene rings is 1. The molecule has 2 atom stereocenters. The van der Waals surface area contributed by atoms with Gasteiger partial charge >= 0.3 is 0 Å². The SMILES string of the molecule is COc1cc2c(cc1CNC(C)C(=O)N(C)C)OC(C)C2. The maximum atomic E-state index is 11.9. The molecule has 0 saturated heterocycles. The maximum absolute atomic E-state index is 11.9. The molecule has 0 radical (unpaired) electrons. The van der Waals surface area contributed by atoms with Crippen molar-refractivity contribution >= 4 is 5.91 Å². The van der Waals surface area contributed by atoms with Crippen molar-refractivity contribution in [3.05, 3.63) is 23.3 Å². The fourth-order valence-corrected chi connectivity index (χ4v) is 2.55. The Kier molecular flexibility index (Phi) is 4.73. The standard InChI is InChI=1S/C16H24N2O3/c1-10-6-12-7-14(20-5)13(8-15(12)21-10)9-17-11(2)16(19)18(3)4/h7-8,10-11,17H,6,9H2,1-5H3. The Labute approximate surface area is 126 Å². The summed E-state index contributed by atoms with van der Waals surface area (Å²) in [6.07, 6.45) is 1.12. The number of nitrogens with zero attached hydrogens (tertiary/aromatic N) is 1. The molecule has 1 aromatic carbocycles. The van der Waals surface area contributed by atoms with E-state index in [0.717, 1.165) is 23.5 Å². The van der Waals surface area contributed by atoms with Gasteiger partial charge in [0.2, 0.25) is 5.91 Å². The molecule has 1 aliphatic heterocycles. The molecule has 1 heterocycles. The molecule has 0 spiro atoms. The molecule has 21 heavy (non-hydrogen) atoms. The first-order chi connectivity index (χ1) is 9.92. The topological polar surface area (TPSA) is 50.8 Å². The van der Waals surface area contributed by atoms with Crippen molar-refractivity contribution in [2.75, 3.05) is 21.2 Å². The van der Waals surface area contributed by atoms with Gasteiger partial charge < -0.3 is 19.7 Å². The van der Waals surface area contributed by atoms with Gasteiger partial charge in [0.25, 0.3) is 0 Å². The van der Waals surface area contributed by atoms with Gasteiger partial charge in [0, 0.05) is 38.2 Å². The Morgan fingerprint density at radius 3 is 2.86 bits per heavy atom. The van der Waals surface area contributed by atoms with Crippen LogP contribution in [0.1, 0.15) is 25.0 Å². The second kappa shape index (κ2) is 6.35. The van der Waals surface area contributed by atoms with E-state index >= 15 is 0 Å². The third-order valence-corrected chi connectivity index (χ3v) is 3.71. The molecule has 0 aromatic heterocycles. The fourth-order valence-electron chi connectivity index (χ4n) is 2.55. The van der Waals surface area contributed by atoms with E-state index in [9.17, 15) is 4.79 Å². The zero-order chi connectivity index (χ0) is 15.6. The number of ether oxygens (including phenoxy) is 2. The lowest BCUT2D eigenvalue weighted by Crippen LogP contribution is -2.41. The summed E-state index contributed by atoms with van der Waals surface area (Å²) in [7, 11) is 5.18. The molecule has 0 aliphatic carbocycles. The van der Waals surface area contributed by atoms with E-state index in [1.54, 1.807) is 26.1 Å². The molecule has 1 N–H and O–H groups in total. The Hall–Kier alpha value is -1.75. The van der Waals surface area contributed by atoms with Crippen molar-refractivity contribution in [1.82, 2.24) is 10.2 Å². The summed E-state index contributed by atoms with van der Waals surface area (Å²) in [4.78, 5) is 13.4. The van der Waals surface area contributed by atoms with E-state index in [4.69, 9.17) is 9.47 Å². The molecule has 5 nitrogen and oxygen atoms in total. The van der Waals surface area contributed by atoms with Crippen LogP contribution in [0.5, 0.6) is 11.5 Å². The van der Waals surface area contributed by atoms with Crippen LogP contribution in [0.2, 0.25) is 0 Å². The average Bonchev–Trinajstić information content (AvgIpc) is 2.81. The minimum absolute atomic E-state index is 0.0556. The molecule has 0 saturated carbocycles. The zero-order valence-electron chi connectivity index (χ0n) is 13.4. The predicted molar refractivity (Wildman–Crippen MR) is 81.8 cm³/mol. The third-order valence-electron chi connectivity index (χ3n) is 3.71. The molecule has 1 aliphatic rings. The smallest absolute Gasteiger partial charge is 0.238 e. The zero-order valence-corrected chi connectivity index (χ0v) is 13.4. The van der Waals surface area contributed by atoms with E-state index in [1.165, 1.54) is 5.56 Å². The van der Waals surface area contributed by atoms with E-state index in [-0.39, 0.29) is 18.1 Å². The van der Waals surface area contributed by atoms with E-state index in [0.29, 0.717) is 6.54 Å². The molecule has 5 heteroatoms. The number of hydrogen-bond donors (Lipinski definition) is 1. The minimum Gasteiger partial charge on any atom is -0.496 e.